The van der Waals surface area contributed by atoms with Crippen molar-refractivity contribution >= 4 is 16.9 Å². The summed E-state index contributed by atoms with van der Waals surface area (Å²) in [4.78, 5) is 13.8. The molecule has 0 aliphatic carbocycles. The third kappa shape index (κ3) is 4.69. The zero-order chi connectivity index (χ0) is 23.5. The molecule has 1 aromatic heterocycles. The van der Waals surface area contributed by atoms with Crippen LogP contribution < -0.4 is 4.74 Å². The summed E-state index contributed by atoms with van der Waals surface area (Å²) >= 11 is 0. The third-order valence-electron chi connectivity index (χ3n) is 7.06. The molecule has 1 unspecified atom stereocenters. The molecule has 0 amide bonds. The second-order valence-electron chi connectivity index (χ2n) is 9.13. The number of carboxylic acid groups (broad SMARTS) is 1. The zero-order valence-corrected chi connectivity index (χ0v) is 19.6. The van der Waals surface area contributed by atoms with E-state index in [-0.39, 0.29) is 17.9 Å². The van der Waals surface area contributed by atoms with Gasteiger partial charge in [-0.1, -0.05) is 30.3 Å². The summed E-state index contributed by atoms with van der Waals surface area (Å²) in [5, 5.41) is 10.6. The van der Waals surface area contributed by atoms with Crippen molar-refractivity contribution in [3.05, 3.63) is 65.9 Å². The van der Waals surface area contributed by atoms with Crippen molar-refractivity contribution in [1.29, 1.82) is 0 Å². The van der Waals surface area contributed by atoms with Crippen LogP contribution in [0, 0.1) is 0 Å². The summed E-state index contributed by atoms with van der Waals surface area (Å²) in [6.45, 7) is 6.74. The molecule has 180 valence electrons. The number of para-hydroxylation sites is 2. The van der Waals surface area contributed by atoms with Gasteiger partial charge in [-0.25, -0.2) is 4.79 Å². The van der Waals surface area contributed by atoms with Crippen molar-refractivity contribution in [1.82, 2.24) is 9.47 Å². The number of nitrogens with zero attached hydrogens (tertiary/aromatic N) is 2. The highest BCUT2D eigenvalue weighted by Crippen LogP contribution is 2.36. The standard InChI is InChI=1S/C27H32N2O5/c1-19(27-33-16-17-34-27)29-18-23(21-6-2-4-8-24(21)29)20-10-12-28(13-11-20)14-15-32-25-9-5-3-7-22(25)26(30)31/h2-9,18-20,27H,10-17H2,1H3,(H,30,31). The van der Waals surface area contributed by atoms with Gasteiger partial charge < -0.3 is 23.9 Å². The maximum atomic E-state index is 11.4. The van der Waals surface area contributed by atoms with Crippen LogP contribution in [0.4, 0.5) is 0 Å². The number of carbonyl (C=O) groups is 1. The van der Waals surface area contributed by atoms with Gasteiger partial charge in [-0.2, -0.15) is 0 Å². The summed E-state index contributed by atoms with van der Waals surface area (Å²) < 4.78 is 19.7. The maximum Gasteiger partial charge on any atom is 0.339 e. The summed E-state index contributed by atoms with van der Waals surface area (Å²) in [6.07, 6.45) is 4.29. The van der Waals surface area contributed by atoms with E-state index in [4.69, 9.17) is 14.2 Å². The number of fused-ring (bicyclic) bond motifs is 1. The van der Waals surface area contributed by atoms with Crippen molar-refractivity contribution in [2.24, 2.45) is 0 Å². The van der Waals surface area contributed by atoms with E-state index >= 15 is 0 Å². The van der Waals surface area contributed by atoms with Gasteiger partial charge in [-0.15, -0.1) is 0 Å². The van der Waals surface area contributed by atoms with Crippen molar-refractivity contribution < 1.29 is 24.1 Å². The van der Waals surface area contributed by atoms with Gasteiger partial charge in [0.1, 0.15) is 17.9 Å². The molecular weight excluding hydrogens is 432 g/mol. The summed E-state index contributed by atoms with van der Waals surface area (Å²) in [5.74, 6) is -0.0216. The number of aromatic nitrogens is 1. The predicted octanol–water partition coefficient (Wildman–Crippen LogP) is 4.53. The van der Waals surface area contributed by atoms with Gasteiger partial charge in [0, 0.05) is 23.6 Å². The first-order valence-corrected chi connectivity index (χ1v) is 12.1. The normalized spacial score (nSPS) is 19.0. The van der Waals surface area contributed by atoms with E-state index in [1.54, 1.807) is 24.3 Å². The number of benzene rings is 2. The number of likely N-dealkylation sites (tertiary alicyclic amines) is 1. The van der Waals surface area contributed by atoms with Crippen molar-refractivity contribution in [3.8, 4) is 5.75 Å². The van der Waals surface area contributed by atoms with Crippen molar-refractivity contribution in [3.63, 3.8) is 0 Å². The van der Waals surface area contributed by atoms with Gasteiger partial charge in [0.15, 0.2) is 6.29 Å². The molecule has 34 heavy (non-hydrogen) atoms. The van der Waals surface area contributed by atoms with Crippen LogP contribution in [0.3, 0.4) is 0 Å². The monoisotopic (exact) mass is 464 g/mol. The first-order chi connectivity index (χ1) is 16.6. The Morgan fingerprint density at radius 1 is 1.09 bits per heavy atom. The van der Waals surface area contributed by atoms with E-state index in [9.17, 15) is 9.90 Å². The highest BCUT2D eigenvalue weighted by molar-refractivity contribution is 5.90. The largest absolute Gasteiger partial charge is 0.491 e. The van der Waals surface area contributed by atoms with E-state index in [1.807, 2.05) is 0 Å². The zero-order valence-electron chi connectivity index (χ0n) is 19.6. The summed E-state index contributed by atoms with van der Waals surface area (Å²) in [5.41, 5.74) is 2.85. The predicted molar refractivity (Wildman–Crippen MR) is 130 cm³/mol. The average Bonchev–Trinajstić information content (AvgIpc) is 3.53. The molecule has 3 heterocycles. The van der Waals surface area contributed by atoms with Crippen LogP contribution in [0.15, 0.2) is 54.7 Å². The molecule has 2 aliphatic heterocycles. The lowest BCUT2D eigenvalue weighted by Gasteiger charge is -2.32. The summed E-state index contributed by atoms with van der Waals surface area (Å²) in [6, 6.07) is 15.5. The summed E-state index contributed by atoms with van der Waals surface area (Å²) in [7, 11) is 0. The number of carboxylic acids is 1. The molecule has 2 aromatic carbocycles. The van der Waals surface area contributed by atoms with E-state index < -0.39 is 5.97 Å². The Bertz CT molecular complexity index is 1130. The molecule has 3 aromatic rings. The Labute approximate surface area is 199 Å². The SMILES string of the molecule is CC(C1OCCO1)n1cc(C2CCN(CCOc3ccccc3C(=O)O)CC2)c2ccccc21. The topological polar surface area (TPSA) is 73.2 Å². The second-order valence-corrected chi connectivity index (χ2v) is 9.13. The fraction of sp³-hybridized carbons (Fsp3) is 0.444. The molecule has 2 aliphatic rings. The van der Waals surface area contributed by atoms with Crippen LogP contribution in [0.2, 0.25) is 0 Å². The smallest absolute Gasteiger partial charge is 0.339 e. The Morgan fingerprint density at radius 2 is 1.79 bits per heavy atom. The Hall–Kier alpha value is -2.87. The minimum Gasteiger partial charge on any atom is -0.491 e. The quantitative estimate of drug-likeness (QED) is 0.528. The minimum atomic E-state index is -0.962. The lowest BCUT2D eigenvalue weighted by molar-refractivity contribution is -0.0722. The molecule has 2 fully saturated rings. The van der Waals surface area contributed by atoms with Crippen LogP contribution in [-0.2, 0) is 9.47 Å². The van der Waals surface area contributed by atoms with Gasteiger partial charge >= 0.3 is 5.97 Å². The number of hydrogen-bond acceptors (Lipinski definition) is 5. The fourth-order valence-electron chi connectivity index (χ4n) is 5.20. The maximum absolute atomic E-state index is 11.4. The molecule has 7 nitrogen and oxygen atoms in total. The first kappa shape index (κ1) is 22.9. The molecule has 2 saturated heterocycles. The van der Waals surface area contributed by atoms with Crippen LogP contribution >= 0.6 is 0 Å². The van der Waals surface area contributed by atoms with Crippen molar-refractivity contribution in [2.75, 3.05) is 39.5 Å². The van der Waals surface area contributed by atoms with Gasteiger partial charge in [-0.05, 0) is 62.5 Å². The van der Waals surface area contributed by atoms with Crippen LogP contribution in [0.5, 0.6) is 5.75 Å². The fourth-order valence-corrected chi connectivity index (χ4v) is 5.20. The van der Waals surface area contributed by atoms with Crippen LogP contribution in [0.25, 0.3) is 10.9 Å². The number of rotatable bonds is 8. The van der Waals surface area contributed by atoms with Crippen LogP contribution in [0.1, 0.15) is 47.6 Å². The Kier molecular flexibility index (Phi) is 6.85. The molecule has 0 spiro atoms. The van der Waals surface area contributed by atoms with Gasteiger partial charge in [0.2, 0.25) is 0 Å². The molecule has 5 rings (SSSR count). The Balaban J connectivity index is 1.21. The first-order valence-electron chi connectivity index (χ1n) is 12.1. The van der Waals surface area contributed by atoms with Gasteiger partial charge in [-0.3, -0.25) is 4.90 Å². The molecular formula is C27H32N2O5. The van der Waals surface area contributed by atoms with E-state index in [0.717, 1.165) is 32.5 Å². The van der Waals surface area contributed by atoms with E-state index in [1.165, 1.54) is 16.5 Å². The number of ether oxygens (including phenoxy) is 3. The molecule has 0 radical (unpaired) electrons. The highest BCUT2D eigenvalue weighted by atomic mass is 16.7. The minimum absolute atomic E-state index is 0.118. The molecule has 7 heteroatoms. The Morgan fingerprint density at radius 3 is 2.56 bits per heavy atom. The van der Waals surface area contributed by atoms with Gasteiger partial charge in [0.05, 0.1) is 19.3 Å². The van der Waals surface area contributed by atoms with E-state index in [2.05, 4.69) is 46.9 Å². The lowest BCUT2D eigenvalue weighted by atomic mass is 9.89. The highest BCUT2D eigenvalue weighted by Gasteiger charge is 2.29. The third-order valence-corrected chi connectivity index (χ3v) is 7.06. The molecule has 0 bridgehead atoms. The van der Waals surface area contributed by atoms with E-state index in [0.29, 0.717) is 31.5 Å². The van der Waals surface area contributed by atoms with Gasteiger partial charge in [0.25, 0.3) is 0 Å². The molecule has 1 N–H and O–H groups in total. The average molecular weight is 465 g/mol. The second kappa shape index (κ2) is 10.2. The number of piperidine rings is 1. The van der Waals surface area contributed by atoms with Crippen molar-refractivity contribution in [2.45, 2.75) is 38.0 Å². The molecule has 0 saturated carbocycles. The van der Waals surface area contributed by atoms with Crippen LogP contribution in [-0.4, -0.2) is 66.3 Å². The molecule has 1 atom stereocenters. The lowest BCUT2D eigenvalue weighted by Crippen LogP contribution is -2.36. The number of hydrogen-bond donors (Lipinski definition) is 1. The number of aromatic carboxylic acids is 1.